The van der Waals surface area contributed by atoms with Crippen LogP contribution in [0.1, 0.15) is 36.8 Å². The van der Waals surface area contributed by atoms with Gasteiger partial charge in [-0.25, -0.2) is 0 Å². The lowest BCUT2D eigenvalue weighted by atomic mass is 9.96. The second kappa shape index (κ2) is 8.81. The molecule has 2 atom stereocenters. The standard InChI is InChI=1S/C21H32N2O2/c1-17-6-8-18(9-7-17)12-21(25)23-14-19(20(15-23)16-24)13-22-10-4-2-3-5-11-22/h6-9,19-20,24H,2-5,10-16H2,1H3/t19-,20-/m1/s1. The molecule has 1 aromatic rings. The van der Waals surface area contributed by atoms with E-state index in [0.29, 0.717) is 18.9 Å². The van der Waals surface area contributed by atoms with Crippen LogP contribution in [0.15, 0.2) is 24.3 Å². The van der Waals surface area contributed by atoms with Gasteiger partial charge in [0.05, 0.1) is 6.42 Å². The van der Waals surface area contributed by atoms with Gasteiger partial charge in [-0.1, -0.05) is 42.7 Å². The average molecular weight is 344 g/mol. The van der Waals surface area contributed by atoms with E-state index in [-0.39, 0.29) is 18.4 Å². The van der Waals surface area contributed by atoms with Gasteiger partial charge in [0, 0.05) is 32.2 Å². The summed E-state index contributed by atoms with van der Waals surface area (Å²) in [6.45, 7) is 7.13. The molecule has 2 saturated heterocycles. The molecule has 2 aliphatic rings. The SMILES string of the molecule is Cc1ccc(CC(=O)N2C[C@@H](CN3CCCCCC3)[C@@H](CO)C2)cc1. The zero-order valence-electron chi connectivity index (χ0n) is 15.5. The number of rotatable bonds is 5. The summed E-state index contributed by atoms with van der Waals surface area (Å²) in [4.78, 5) is 17.2. The Labute approximate surface area is 151 Å². The van der Waals surface area contributed by atoms with Crippen LogP contribution in [0.4, 0.5) is 0 Å². The van der Waals surface area contributed by atoms with Crippen LogP contribution in [-0.2, 0) is 11.2 Å². The molecule has 0 aromatic heterocycles. The van der Waals surface area contributed by atoms with E-state index in [1.54, 1.807) is 0 Å². The summed E-state index contributed by atoms with van der Waals surface area (Å²) in [6, 6.07) is 8.21. The quantitative estimate of drug-likeness (QED) is 0.892. The average Bonchev–Trinajstić information content (AvgIpc) is 2.84. The van der Waals surface area contributed by atoms with E-state index < -0.39 is 0 Å². The Hall–Kier alpha value is -1.39. The Balaban J connectivity index is 1.56. The lowest BCUT2D eigenvalue weighted by molar-refractivity contribution is -0.129. The zero-order chi connectivity index (χ0) is 17.6. The molecule has 0 radical (unpaired) electrons. The van der Waals surface area contributed by atoms with E-state index in [1.165, 1.54) is 44.3 Å². The topological polar surface area (TPSA) is 43.8 Å². The van der Waals surface area contributed by atoms with Crippen molar-refractivity contribution in [2.75, 3.05) is 39.3 Å². The molecule has 2 fully saturated rings. The lowest BCUT2D eigenvalue weighted by Crippen LogP contribution is -2.35. The van der Waals surface area contributed by atoms with E-state index >= 15 is 0 Å². The van der Waals surface area contributed by atoms with E-state index in [0.717, 1.165) is 18.7 Å². The minimum atomic E-state index is 0.187. The van der Waals surface area contributed by atoms with Gasteiger partial charge in [-0.2, -0.15) is 0 Å². The van der Waals surface area contributed by atoms with Crippen molar-refractivity contribution in [1.29, 1.82) is 0 Å². The lowest BCUT2D eigenvalue weighted by Gasteiger charge is -2.26. The van der Waals surface area contributed by atoms with Gasteiger partial charge in [0.15, 0.2) is 0 Å². The smallest absolute Gasteiger partial charge is 0.227 e. The number of likely N-dealkylation sites (tertiary alicyclic amines) is 2. The number of amides is 1. The van der Waals surface area contributed by atoms with Crippen molar-refractivity contribution in [3.63, 3.8) is 0 Å². The Kier molecular flexibility index (Phi) is 6.49. The molecule has 4 nitrogen and oxygen atoms in total. The second-order valence-corrected chi connectivity index (χ2v) is 7.88. The van der Waals surface area contributed by atoms with Crippen molar-refractivity contribution in [2.45, 2.75) is 39.0 Å². The number of carbonyl (C=O) groups is 1. The molecule has 3 rings (SSSR count). The molecule has 4 heteroatoms. The van der Waals surface area contributed by atoms with Gasteiger partial charge < -0.3 is 14.9 Å². The highest BCUT2D eigenvalue weighted by atomic mass is 16.3. The maximum Gasteiger partial charge on any atom is 0.227 e. The van der Waals surface area contributed by atoms with Crippen molar-refractivity contribution in [3.8, 4) is 0 Å². The minimum Gasteiger partial charge on any atom is -0.396 e. The van der Waals surface area contributed by atoms with Crippen molar-refractivity contribution in [1.82, 2.24) is 9.80 Å². The summed E-state index contributed by atoms with van der Waals surface area (Å²) in [5, 5.41) is 9.78. The molecule has 1 N–H and O–H groups in total. The van der Waals surface area contributed by atoms with Crippen molar-refractivity contribution >= 4 is 5.91 Å². The summed E-state index contributed by atoms with van der Waals surface area (Å²) >= 11 is 0. The molecule has 0 aliphatic carbocycles. The third-order valence-corrected chi connectivity index (χ3v) is 5.83. The number of hydrogen-bond acceptors (Lipinski definition) is 3. The number of benzene rings is 1. The molecule has 0 unspecified atom stereocenters. The Morgan fingerprint density at radius 2 is 1.68 bits per heavy atom. The number of aryl methyl sites for hydroxylation is 1. The minimum absolute atomic E-state index is 0.187. The monoisotopic (exact) mass is 344 g/mol. The van der Waals surface area contributed by atoms with E-state index in [9.17, 15) is 9.90 Å². The highest BCUT2D eigenvalue weighted by molar-refractivity contribution is 5.79. The van der Waals surface area contributed by atoms with Crippen LogP contribution in [0.5, 0.6) is 0 Å². The van der Waals surface area contributed by atoms with Crippen LogP contribution < -0.4 is 0 Å². The second-order valence-electron chi connectivity index (χ2n) is 7.88. The van der Waals surface area contributed by atoms with Crippen LogP contribution in [0.25, 0.3) is 0 Å². The van der Waals surface area contributed by atoms with E-state index in [1.807, 2.05) is 17.0 Å². The van der Waals surface area contributed by atoms with Gasteiger partial charge in [0.25, 0.3) is 0 Å². The predicted octanol–water partition coefficient (Wildman–Crippen LogP) is 2.48. The van der Waals surface area contributed by atoms with Crippen LogP contribution in [0.3, 0.4) is 0 Å². The van der Waals surface area contributed by atoms with E-state index in [2.05, 4.69) is 24.0 Å². The number of carbonyl (C=O) groups excluding carboxylic acids is 1. The predicted molar refractivity (Wildman–Crippen MR) is 100 cm³/mol. The van der Waals surface area contributed by atoms with Crippen LogP contribution in [0.2, 0.25) is 0 Å². The molecule has 1 aromatic carbocycles. The molecule has 0 spiro atoms. The molecule has 0 saturated carbocycles. The van der Waals surface area contributed by atoms with Crippen molar-refractivity contribution in [2.24, 2.45) is 11.8 Å². The maximum absolute atomic E-state index is 12.7. The number of aliphatic hydroxyl groups is 1. The normalized spacial score (nSPS) is 25.1. The molecule has 2 aliphatic heterocycles. The number of aliphatic hydroxyl groups excluding tert-OH is 1. The zero-order valence-corrected chi connectivity index (χ0v) is 15.5. The maximum atomic E-state index is 12.7. The number of hydrogen-bond donors (Lipinski definition) is 1. The first-order chi connectivity index (χ1) is 12.2. The van der Waals surface area contributed by atoms with Gasteiger partial charge in [-0.15, -0.1) is 0 Å². The van der Waals surface area contributed by atoms with Crippen molar-refractivity contribution in [3.05, 3.63) is 35.4 Å². The first kappa shape index (κ1) is 18.4. The molecular weight excluding hydrogens is 312 g/mol. The molecular formula is C21H32N2O2. The Bertz CT molecular complexity index is 550. The van der Waals surface area contributed by atoms with Gasteiger partial charge in [-0.3, -0.25) is 4.79 Å². The van der Waals surface area contributed by atoms with Crippen molar-refractivity contribution < 1.29 is 9.90 Å². The Morgan fingerprint density at radius 1 is 1.04 bits per heavy atom. The number of nitrogens with zero attached hydrogens (tertiary/aromatic N) is 2. The summed E-state index contributed by atoms with van der Waals surface area (Å²) < 4.78 is 0. The highest BCUT2D eigenvalue weighted by Gasteiger charge is 2.35. The summed E-state index contributed by atoms with van der Waals surface area (Å²) in [7, 11) is 0. The fourth-order valence-corrected chi connectivity index (χ4v) is 4.20. The van der Waals surface area contributed by atoms with Crippen LogP contribution in [-0.4, -0.2) is 60.1 Å². The van der Waals surface area contributed by atoms with Gasteiger partial charge in [0.1, 0.15) is 0 Å². The molecule has 138 valence electrons. The first-order valence-electron chi connectivity index (χ1n) is 9.82. The summed E-state index contributed by atoms with van der Waals surface area (Å²) in [6.07, 6.45) is 5.71. The third kappa shape index (κ3) is 5.05. The highest BCUT2D eigenvalue weighted by Crippen LogP contribution is 2.26. The molecule has 0 bridgehead atoms. The van der Waals surface area contributed by atoms with E-state index in [4.69, 9.17) is 0 Å². The fourth-order valence-electron chi connectivity index (χ4n) is 4.20. The van der Waals surface area contributed by atoms with Gasteiger partial charge in [-0.05, 0) is 44.3 Å². The Morgan fingerprint density at radius 3 is 2.32 bits per heavy atom. The van der Waals surface area contributed by atoms with Gasteiger partial charge in [0.2, 0.25) is 5.91 Å². The first-order valence-corrected chi connectivity index (χ1v) is 9.82. The molecule has 25 heavy (non-hydrogen) atoms. The molecule has 1 amide bonds. The van der Waals surface area contributed by atoms with Gasteiger partial charge >= 0.3 is 0 Å². The van der Waals surface area contributed by atoms with Crippen LogP contribution >= 0.6 is 0 Å². The molecule has 2 heterocycles. The van der Waals surface area contributed by atoms with Crippen LogP contribution in [0, 0.1) is 18.8 Å². The largest absolute Gasteiger partial charge is 0.396 e. The summed E-state index contributed by atoms with van der Waals surface area (Å²) in [5.74, 6) is 0.830. The summed E-state index contributed by atoms with van der Waals surface area (Å²) in [5.41, 5.74) is 2.29. The fraction of sp³-hybridized carbons (Fsp3) is 0.667. The third-order valence-electron chi connectivity index (χ3n) is 5.83.